The molecule has 1 atom stereocenters. The summed E-state index contributed by atoms with van der Waals surface area (Å²) in [5, 5.41) is 10.9. The van der Waals surface area contributed by atoms with Crippen LogP contribution in [0, 0.1) is 13.8 Å². The number of aromatic nitrogens is 1. The number of halogens is 1. The minimum Gasteiger partial charge on any atom is -0.388 e. The van der Waals surface area contributed by atoms with Crippen molar-refractivity contribution < 1.29 is 5.11 Å². The molecule has 1 aromatic carbocycles. The van der Waals surface area contributed by atoms with Gasteiger partial charge in [-0.2, -0.15) is 0 Å². The summed E-state index contributed by atoms with van der Waals surface area (Å²) in [7, 11) is 0. The van der Waals surface area contributed by atoms with Crippen LogP contribution < -0.4 is 0 Å². The van der Waals surface area contributed by atoms with Gasteiger partial charge in [-0.3, -0.25) is 0 Å². The Balaban J connectivity index is 2.17. The molecule has 2 nitrogen and oxygen atoms in total. The second kappa shape index (κ2) is 4.69. The molecule has 1 heterocycles. The van der Waals surface area contributed by atoms with Crippen LogP contribution >= 0.6 is 11.6 Å². The predicted octanol–water partition coefficient (Wildman–Crippen LogP) is 4.12. The lowest BCUT2D eigenvalue weighted by molar-refractivity contribution is 0.156. The molecule has 0 spiro atoms. The van der Waals surface area contributed by atoms with Crippen LogP contribution in [-0.2, 0) is 6.42 Å². The minimum atomic E-state index is -0.315. The number of benzene rings is 1. The van der Waals surface area contributed by atoms with Crippen molar-refractivity contribution in [1.29, 1.82) is 0 Å². The number of nitrogens with zero attached hydrogens (tertiary/aromatic N) is 1. The van der Waals surface area contributed by atoms with Crippen molar-refractivity contribution in [2.24, 2.45) is 0 Å². The van der Waals surface area contributed by atoms with E-state index in [1.54, 1.807) is 0 Å². The van der Waals surface area contributed by atoms with Gasteiger partial charge in [0.05, 0.1) is 6.10 Å². The van der Waals surface area contributed by atoms with E-state index >= 15 is 0 Å². The van der Waals surface area contributed by atoms with Crippen LogP contribution in [0.4, 0.5) is 0 Å². The fraction of sp³-hybridized carbons (Fsp3) is 0.375. The van der Waals surface area contributed by atoms with Crippen molar-refractivity contribution in [3.05, 3.63) is 51.8 Å². The third-order valence-corrected chi connectivity index (χ3v) is 4.39. The van der Waals surface area contributed by atoms with Gasteiger partial charge >= 0.3 is 0 Å². The van der Waals surface area contributed by atoms with Gasteiger partial charge < -0.3 is 9.67 Å². The topological polar surface area (TPSA) is 25.2 Å². The normalized spacial score (nSPS) is 18.4. The molecule has 3 heteroatoms. The third kappa shape index (κ3) is 2.09. The smallest absolute Gasteiger partial charge is 0.0807 e. The van der Waals surface area contributed by atoms with Gasteiger partial charge in [-0.15, -0.1) is 0 Å². The first-order chi connectivity index (χ1) is 9.08. The zero-order valence-corrected chi connectivity index (χ0v) is 12.0. The maximum absolute atomic E-state index is 10.1. The number of hydrogen-bond acceptors (Lipinski definition) is 1. The Bertz CT molecular complexity index is 630. The highest BCUT2D eigenvalue weighted by Gasteiger charge is 2.23. The van der Waals surface area contributed by atoms with Crippen molar-refractivity contribution in [2.45, 2.75) is 39.2 Å². The summed E-state index contributed by atoms with van der Waals surface area (Å²) in [6, 6.07) is 8.25. The second-order valence-corrected chi connectivity index (χ2v) is 5.77. The monoisotopic (exact) mass is 275 g/mol. The van der Waals surface area contributed by atoms with E-state index < -0.39 is 0 Å². The molecule has 0 saturated carbocycles. The molecule has 0 amide bonds. The Morgan fingerprint density at radius 2 is 2.05 bits per heavy atom. The van der Waals surface area contributed by atoms with E-state index in [-0.39, 0.29) is 6.10 Å². The molecule has 19 heavy (non-hydrogen) atoms. The van der Waals surface area contributed by atoms with Crippen molar-refractivity contribution in [2.75, 3.05) is 0 Å². The molecule has 3 rings (SSSR count). The lowest BCUT2D eigenvalue weighted by Gasteiger charge is -2.20. The maximum Gasteiger partial charge on any atom is 0.0807 e. The fourth-order valence-corrected chi connectivity index (χ4v) is 3.13. The Hall–Kier alpha value is -1.25. The van der Waals surface area contributed by atoms with Crippen LogP contribution in [0.2, 0.25) is 5.02 Å². The summed E-state index contributed by atoms with van der Waals surface area (Å²) in [6.45, 7) is 4.09. The predicted molar refractivity (Wildman–Crippen MR) is 78.2 cm³/mol. The van der Waals surface area contributed by atoms with Gasteiger partial charge in [-0.1, -0.05) is 17.7 Å². The summed E-state index contributed by atoms with van der Waals surface area (Å²) in [4.78, 5) is 0. The zero-order valence-electron chi connectivity index (χ0n) is 11.3. The van der Waals surface area contributed by atoms with Crippen LogP contribution in [0.15, 0.2) is 24.3 Å². The number of aryl methyl sites for hydroxylation is 2. The van der Waals surface area contributed by atoms with Crippen LogP contribution in [0.3, 0.4) is 0 Å². The molecule has 100 valence electrons. The minimum absolute atomic E-state index is 0.315. The zero-order chi connectivity index (χ0) is 13.6. The van der Waals surface area contributed by atoms with Gasteiger partial charge in [0.2, 0.25) is 0 Å². The second-order valence-electron chi connectivity index (χ2n) is 5.36. The Labute approximate surface area is 118 Å². The highest BCUT2D eigenvalue weighted by atomic mass is 35.5. The van der Waals surface area contributed by atoms with Crippen LogP contribution in [0.25, 0.3) is 5.69 Å². The third-order valence-electron chi connectivity index (χ3n) is 3.98. The van der Waals surface area contributed by atoms with E-state index in [1.807, 2.05) is 19.1 Å². The van der Waals surface area contributed by atoms with E-state index in [0.29, 0.717) is 0 Å². The molecule has 0 fully saturated rings. The van der Waals surface area contributed by atoms with Crippen molar-refractivity contribution >= 4 is 11.6 Å². The summed E-state index contributed by atoms with van der Waals surface area (Å²) < 4.78 is 2.23. The summed E-state index contributed by atoms with van der Waals surface area (Å²) in [6.07, 6.45) is 2.61. The number of hydrogen-bond donors (Lipinski definition) is 1. The van der Waals surface area contributed by atoms with Crippen LogP contribution in [0.1, 0.15) is 41.5 Å². The standard InChI is InChI=1S/C16H18ClNO/c1-10-6-7-12(9-14(10)17)18-11(2)8-13-15(18)4-3-5-16(13)19/h6-9,16,19H,3-5H2,1-2H3. The molecule has 2 aromatic rings. The highest BCUT2D eigenvalue weighted by Crippen LogP contribution is 2.34. The van der Waals surface area contributed by atoms with E-state index in [2.05, 4.69) is 23.6 Å². The average molecular weight is 276 g/mol. The molecular weight excluding hydrogens is 258 g/mol. The molecule has 1 aliphatic rings. The molecule has 0 aliphatic heterocycles. The van der Waals surface area contributed by atoms with Gasteiger partial charge in [0.25, 0.3) is 0 Å². The highest BCUT2D eigenvalue weighted by molar-refractivity contribution is 6.31. The first-order valence-corrected chi connectivity index (χ1v) is 7.11. The molecule has 0 radical (unpaired) electrons. The molecule has 1 aromatic heterocycles. The summed E-state index contributed by atoms with van der Waals surface area (Å²) >= 11 is 6.23. The van der Waals surface area contributed by atoms with Gasteiger partial charge in [0, 0.05) is 27.7 Å². The van der Waals surface area contributed by atoms with Gasteiger partial charge in [0.1, 0.15) is 0 Å². The summed E-state index contributed by atoms with van der Waals surface area (Å²) in [5.74, 6) is 0. The first kappa shape index (κ1) is 12.8. The molecule has 0 saturated heterocycles. The van der Waals surface area contributed by atoms with Gasteiger partial charge in [-0.05, 0) is 56.9 Å². The first-order valence-electron chi connectivity index (χ1n) is 6.73. The van der Waals surface area contributed by atoms with Crippen LogP contribution in [0.5, 0.6) is 0 Å². The Morgan fingerprint density at radius 1 is 1.26 bits per heavy atom. The van der Waals surface area contributed by atoms with Crippen molar-refractivity contribution in [3.8, 4) is 5.69 Å². The maximum atomic E-state index is 10.1. The van der Waals surface area contributed by atoms with Gasteiger partial charge in [0.15, 0.2) is 0 Å². The SMILES string of the molecule is Cc1ccc(-n2c(C)cc3c2CCCC3O)cc1Cl. The van der Waals surface area contributed by atoms with Crippen molar-refractivity contribution in [3.63, 3.8) is 0 Å². The lowest BCUT2D eigenvalue weighted by Crippen LogP contribution is -2.11. The number of rotatable bonds is 1. The van der Waals surface area contributed by atoms with E-state index in [0.717, 1.165) is 46.8 Å². The van der Waals surface area contributed by atoms with Crippen LogP contribution in [-0.4, -0.2) is 9.67 Å². The molecular formula is C16H18ClNO. The number of aliphatic hydroxyl groups is 1. The van der Waals surface area contributed by atoms with E-state index in [1.165, 1.54) is 5.69 Å². The molecule has 1 N–H and O–H groups in total. The summed E-state index contributed by atoms with van der Waals surface area (Å²) in [5.41, 5.74) is 5.65. The fourth-order valence-electron chi connectivity index (χ4n) is 2.96. The largest absolute Gasteiger partial charge is 0.388 e. The van der Waals surface area contributed by atoms with Gasteiger partial charge in [-0.25, -0.2) is 0 Å². The van der Waals surface area contributed by atoms with E-state index in [4.69, 9.17) is 11.6 Å². The van der Waals surface area contributed by atoms with E-state index in [9.17, 15) is 5.11 Å². The molecule has 0 bridgehead atoms. The number of fused-ring (bicyclic) bond motifs is 1. The quantitative estimate of drug-likeness (QED) is 0.832. The average Bonchev–Trinajstić information content (AvgIpc) is 2.71. The number of aliphatic hydroxyl groups excluding tert-OH is 1. The molecule has 1 aliphatic carbocycles. The molecule has 1 unspecified atom stereocenters. The van der Waals surface area contributed by atoms with Crippen molar-refractivity contribution in [1.82, 2.24) is 4.57 Å². The lowest BCUT2D eigenvalue weighted by atomic mass is 9.95. The Morgan fingerprint density at radius 3 is 2.79 bits per heavy atom. The Kier molecular flexibility index (Phi) is 3.15.